The standard InChI is InChI=1S/C16H15Cl2NO3/c1-19(2)16(20)10-4-6-13(12(18)8-10)22-14-7-5-11(17)9-15(14)21-3/h4-9H,1-3H3. The van der Waals surface area contributed by atoms with Crippen molar-refractivity contribution in [2.45, 2.75) is 0 Å². The van der Waals surface area contributed by atoms with Crippen LogP contribution in [0.4, 0.5) is 0 Å². The number of ether oxygens (including phenoxy) is 2. The van der Waals surface area contributed by atoms with Gasteiger partial charge in [0.15, 0.2) is 11.5 Å². The number of carbonyl (C=O) groups excluding carboxylic acids is 1. The van der Waals surface area contributed by atoms with Crippen LogP contribution in [0.25, 0.3) is 0 Å². The molecule has 2 aromatic rings. The summed E-state index contributed by atoms with van der Waals surface area (Å²) in [6.45, 7) is 0. The first kappa shape index (κ1) is 16.5. The lowest BCUT2D eigenvalue weighted by atomic mass is 10.2. The highest BCUT2D eigenvalue weighted by Gasteiger charge is 2.13. The van der Waals surface area contributed by atoms with Gasteiger partial charge in [0, 0.05) is 30.7 Å². The molecule has 2 aromatic carbocycles. The van der Waals surface area contributed by atoms with Gasteiger partial charge in [-0.3, -0.25) is 4.79 Å². The van der Waals surface area contributed by atoms with Crippen molar-refractivity contribution in [2.75, 3.05) is 21.2 Å². The summed E-state index contributed by atoms with van der Waals surface area (Å²) in [4.78, 5) is 13.4. The van der Waals surface area contributed by atoms with E-state index in [0.717, 1.165) is 0 Å². The summed E-state index contributed by atoms with van der Waals surface area (Å²) in [6.07, 6.45) is 0. The average molecular weight is 340 g/mol. The van der Waals surface area contributed by atoms with Gasteiger partial charge in [0.25, 0.3) is 5.91 Å². The molecular weight excluding hydrogens is 325 g/mol. The molecule has 0 saturated carbocycles. The van der Waals surface area contributed by atoms with Crippen molar-refractivity contribution < 1.29 is 14.3 Å². The third-order valence-corrected chi connectivity index (χ3v) is 3.46. The van der Waals surface area contributed by atoms with E-state index in [1.807, 2.05) is 0 Å². The molecule has 0 aliphatic rings. The van der Waals surface area contributed by atoms with E-state index >= 15 is 0 Å². The predicted octanol–water partition coefficient (Wildman–Crippen LogP) is 4.50. The molecule has 0 atom stereocenters. The Hall–Kier alpha value is -1.91. The first-order valence-electron chi connectivity index (χ1n) is 6.45. The van der Waals surface area contributed by atoms with Crippen molar-refractivity contribution in [3.63, 3.8) is 0 Å². The molecular formula is C16H15Cl2NO3. The van der Waals surface area contributed by atoms with E-state index < -0.39 is 0 Å². The summed E-state index contributed by atoms with van der Waals surface area (Å²) in [6, 6.07) is 9.91. The zero-order valence-electron chi connectivity index (χ0n) is 12.4. The van der Waals surface area contributed by atoms with E-state index in [0.29, 0.717) is 32.9 Å². The molecule has 0 bridgehead atoms. The number of rotatable bonds is 4. The van der Waals surface area contributed by atoms with Gasteiger partial charge in [0.05, 0.1) is 12.1 Å². The minimum absolute atomic E-state index is 0.127. The van der Waals surface area contributed by atoms with Crippen LogP contribution in [0.3, 0.4) is 0 Å². The second-order valence-corrected chi connectivity index (χ2v) is 5.59. The first-order chi connectivity index (χ1) is 10.4. The summed E-state index contributed by atoms with van der Waals surface area (Å²) in [5.41, 5.74) is 0.491. The Morgan fingerprint density at radius 3 is 2.27 bits per heavy atom. The molecule has 2 rings (SSSR count). The molecule has 0 radical (unpaired) electrons. The molecule has 0 N–H and O–H groups in total. The molecule has 0 spiro atoms. The van der Waals surface area contributed by atoms with Crippen molar-refractivity contribution in [1.29, 1.82) is 0 Å². The maximum Gasteiger partial charge on any atom is 0.253 e. The van der Waals surface area contributed by atoms with E-state index in [9.17, 15) is 4.79 Å². The number of amides is 1. The Labute approximate surface area is 139 Å². The zero-order chi connectivity index (χ0) is 16.3. The van der Waals surface area contributed by atoms with Gasteiger partial charge in [-0.1, -0.05) is 23.2 Å². The Kier molecular flexibility index (Phi) is 5.16. The van der Waals surface area contributed by atoms with Crippen LogP contribution in [-0.4, -0.2) is 32.0 Å². The number of halogens is 2. The highest BCUT2D eigenvalue weighted by Crippen LogP contribution is 2.36. The van der Waals surface area contributed by atoms with Gasteiger partial charge in [-0.05, 0) is 30.3 Å². The van der Waals surface area contributed by atoms with Crippen molar-refractivity contribution in [1.82, 2.24) is 4.90 Å². The molecule has 4 nitrogen and oxygen atoms in total. The molecule has 1 amide bonds. The fraction of sp³-hybridized carbons (Fsp3) is 0.188. The van der Waals surface area contributed by atoms with E-state index in [4.69, 9.17) is 32.7 Å². The van der Waals surface area contributed by atoms with Gasteiger partial charge >= 0.3 is 0 Å². The molecule has 6 heteroatoms. The zero-order valence-corrected chi connectivity index (χ0v) is 13.9. The second-order valence-electron chi connectivity index (χ2n) is 4.74. The van der Waals surface area contributed by atoms with Crippen molar-refractivity contribution in [3.8, 4) is 17.2 Å². The Bertz CT molecular complexity index is 702. The first-order valence-corrected chi connectivity index (χ1v) is 7.20. The number of hydrogen-bond acceptors (Lipinski definition) is 3. The Morgan fingerprint density at radius 1 is 1.00 bits per heavy atom. The maximum atomic E-state index is 11.9. The number of benzene rings is 2. The van der Waals surface area contributed by atoms with Crippen molar-refractivity contribution >= 4 is 29.1 Å². The fourth-order valence-corrected chi connectivity index (χ4v) is 2.20. The summed E-state index contributed by atoms with van der Waals surface area (Å²) in [5, 5.41) is 0.881. The lowest BCUT2D eigenvalue weighted by Crippen LogP contribution is -2.21. The molecule has 116 valence electrons. The number of carbonyl (C=O) groups is 1. The minimum atomic E-state index is -0.127. The highest BCUT2D eigenvalue weighted by atomic mass is 35.5. The van der Waals surface area contributed by atoms with Gasteiger partial charge in [-0.2, -0.15) is 0 Å². The molecule has 0 saturated heterocycles. The highest BCUT2D eigenvalue weighted by molar-refractivity contribution is 6.32. The molecule has 0 aromatic heterocycles. The van der Waals surface area contributed by atoms with E-state index in [1.165, 1.54) is 12.0 Å². The van der Waals surface area contributed by atoms with E-state index in [-0.39, 0.29) is 5.91 Å². The summed E-state index contributed by atoms with van der Waals surface area (Å²) in [7, 11) is 4.89. The minimum Gasteiger partial charge on any atom is -0.493 e. The molecule has 0 aliphatic carbocycles. The van der Waals surface area contributed by atoms with Crippen molar-refractivity contribution in [3.05, 3.63) is 52.0 Å². The monoisotopic (exact) mass is 339 g/mol. The van der Waals surface area contributed by atoms with Crippen LogP contribution in [0.2, 0.25) is 10.0 Å². The second kappa shape index (κ2) is 6.90. The third-order valence-electron chi connectivity index (χ3n) is 2.93. The largest absolute Gasteiger partial charge is 0.493 e. The number of hydrogen-bond donors (Lipinski definition) is 0. The smallest absolute Gasteiger partial charge is 0.253 e. The maximum absolute atomic E-state index is 11.9. The molecule has 0 heterocycles. The van der Waals surface area contributed by atoms with Gasteiger partial charge in [-0.25, -0.2) is 0 Å². The predicted molar refractivity (Wildman–Crippen MR) is 87.5 cm³/mol. The average Bonchev–Trinajstić information content (AvgIpc) is 2.49. The van der Waals surface area contributed by atoms with Crippen molar-refractivity contribution in [2.24, 2.45) is 0 Å². The van der Waals surface area contributed by atoms with Gasteiger partial charge < -0.3 is 14.4 Å². The Balaban J connectivity index is 2.29. The Morgan fingerprint density at radius 2 is 1.68 bits per heavy atom. The fourth-order valence-electron chi connectivity index (χ4n) is 1.82. The lowest BCUT2D eigenvalue weighted by molar-refractivity contribution is 0.0827. The molecule has 0 fully saturated rings. The quantitative estimate of drug-likeness (QED) is 0.823. The normalized spacial score (nSPS) is 10.2. The number of methoxy groups -OCH3 is 1. The van der Waals surface area contributed by atoms with Crippen LogP contribution in [0.1, 0.15) is 10.4 Å². The van der Waals surface area contributed by atoms with E-state index in [2.05, 4.69) is 0 Å². The topological polar surface area (TPSA) is 38.8 Å². The van der Waals surface area contributed by atoms with E-state index in [1.54, 1.807) is 50.5 Å². The van der Waals surface area contributed by atoms with Gasteiger partial charge in [-0.15, -0.1) is 0 Å². The summed E-state index contributed by atoms with van der Waals surface area (Å²) < 4.78 is 11.0. The van der Waals surface area contributed by atoms with Gasteiger partial charge in [0.1, 0.15) is 5.75 Å². The summed E-state index contributed by atoms with van der Waals surface area (Å²) in [5.74, 6) is 1.28. The summed E-state index contributed by atoms with van der Waals surface area (Å²) >= 11 is 12.1. The van der Waals surface area contributed by atoms with Crippen LogP contribution in [-0.2, 0) is 0 Å². The van der Waals surface area contributed by atoms with Crippen LogP contribution >= 0.6 is 23.2 Å². The lowest BCUT2D eigenvalue weighted by Gasteiger charge is -2.14. The number of nitrogens with zero attached hydrogens (tertiary/aromatic N) is 1. The molecule has 22 heavy (non-hydrogen) atoms. The molecule has 0 unspecified atom stereocenters. The van der Waals surface area contributed by atoms with Crippen LogP contribution < -0.4 is 9.47 Å². The SMILES string of the molecule is COc1cc(Cl)ccc1Oc1ccc(C(=O)N(C)C)cc1Cl. The molecule has 0 aliphatic heterocycles. The van der Waals surface area contributed by atoms with Crippen LogP contribution in [0.5, 0.6) is 17.2 Å². The van der Waals surface area contributed by atoms with Crippen LogP contribution in [0, 0.1) is 0 Å². The third kappa shape index (κ3) is 3.64. The van der Waals surface area contributed by atoms with Gasteiger partial charge in [0.2, 0.25) is 0 Å². The van der Waals surface area contributed by atoms with Crippen LogP contribution in [0.15, 0.2) is 36.4 Å².